The highest BCUT2D eigenvalue weighted by molar-refractivity contribution is 5.42. The van der Waals surface area contributed by atoms with E-state index in [1.807, 2.05) is 12.1 Å². The number of phenolic OH excluding ortho intramolecular Hbond substituents is 1. The Bertz CT molecular complexity index is 437. The van der Waals surface area contributed by atoms with Crippen molar-refractivity contribution in [2.75, 3.05) is 0 Å². The lowest BCUT2D eigenvalue weighted by Crippen LogP contribution is -2.43. The fraction of sp³-hybridized carbons (Fsp3) is 0.625. The maximum absolute atomic E-state index is 9.76. The number of aromatic hydroxyl groups is 1. The molecule has 0 radical (unpaired) electrons. The molecule has 17 heavy (non-hydrogen) atoms. The summed E-state index contributed by atoms with van der Waals surface area (Å²) in [5.41, 5.74) is 3.21. The van der Waals surface area contributed by atoms with Crippen LogP contribution in [-0.2, 0) is 11.8 Å². The van der Waals surface area contributed by atoms with Gasteiger partial charge in [-0.05, 0) is 59.8 Å². The van der Waals surface area contributed by atoms with E-state index in [0.717, 1.165) is 11.8 Å². The fourth-order valence-electron chi connectivity index (χ4n) is 4.37. The van der Waals surface area contributed by atoms with Crippen LogP contribution in [0, 0.1) is 11.8 Å². The number of benzene rings is 1. The molecule has 1 fully saturated rings. The smallest absolute Gasteiger partial charge is 0.115 e. The minimum Gasteiger partial charge on any atom is -0.508 e. The van der Waals surface area contributed by atoms with Gasteiger partial charge in [0, 0.05) is 0 Å². The molecule has 3 rings (SSSR count). The van der Waals surface area contributed by atoms with Crippen LogP contribution in [0.5, 0.6) is 5.75 Å². The third-order valence-corrected chi connectivity index (χ3v) is 5.29. The number of hydrogen-bond donors (Lipinski definition) is 1. The van der Waals surface area contributed by atoms with Crippen molar-refractivity contribution in [2.45, 2.75) is 51.4 Å². The second-order valence-electron chi connectivity index (χ2n) is 6.27. The van der Waals surface area contributed by atoms with E-state index in [0.29, 0.717) is 11.2 Å². The van der Waals surface area contributed by atoms with Crippen molar-refractivity contribution in [2.24, 2.45) is 11.8 Å². The Kier molecular flexibility index (Phi) is 2.46. The largest absolute Gasteiger partial charge is 0.508 e. The Morgan fingerprint density at radius 2 is 2.12 bits per heavy atom. The van der Waals surface area contributed by atoms with Crippen LogP contribution in [0.2, 0.25) is 0 Å². The van der Waals surface area contributed by atoms with Crippen molar-refractivity contribution in [3.63, 3.8) is 0 Å². The van der Waals surface area contributed by atoms with E-state index in [2.05, 4.69) is 19.9 Å². The van der Waals surface area contributed by atoms with Gasteiger partial charge in [-0.3, -0.25) is 0 Å². The molecule has 92 valence electrons. The molecule has 1 aromatic rings. The summed E-state index contributed by atoms with van der Waals surface area (Å²) in [6.07, 6.45) is 6.53. The van der Waals surface area contributed by atoms with E-state index in [1.54, 1.807) is 0 Å². The molecule has 0 bridgehead atoms. The van der Waals surface area contributed by atoms with Crippen LogP contribution in [-0.4, -0.2) is 5.11 Å². The Balaban J connectivity index is 2.11. The van der Waals surface area contributed by atoms with E-state index >= 15 is 0 Å². The molecule has 0 saturated heterocycles. The van der Waals surface area contributed by atoms with E-state index < -0.39 is 0 Å². The highest BCUT2D eigenvalue weighted by atomic mass is 16.3. The fourth-order valence-corrected chi connectivity index (χ4v) is 4.37. The summed E-state index contributed by atoms with van der Waals surface area (Å²) in [6, 6.07) is 6.00. The average molecular weight is 230 g/mol. The van der Waals surface area contributed by atoms with Gasteiger partial charge in [0.1, 0.15) is 5.75 Å². The van der Waals surface area contributed by atoms with Crippen LogP contribution in [0.3, 0.4) is 0 Å². The van der Waals surface area contributed by atoms with E-state index in [1.165, 1.54) is 43.2 Å². The Morgan fingerprint density at radius 1 is 1.29 bits per heavy atom. The van der Waals surface area contributed by atoms with Crippen molar-refractivity contribution in [3.8, 4) is 5.75 Å². The lowest BCUT2D eigenvalue weighted by atomic mass is 9.55. The van der Waals surface area contributed by atoms with Gasteiger partial charge >= 0.3 is 0 Å². The van der Waals surface area contributed by atoms with Gasteiger partial charge in [-0.2, -0.15) is 0 Å². The first-order chi connectivity index (χ1) is 8.11. The highest BCUT2D eigenvalue weighted by Crippen LogP contribution is 2.52. The van der Waals surface area contributed by atoms with Crippen LogP contribution in [0.25, 0.3) is 0 Å². The van der Waals surface area contributed by atoms with Crippen molar-refractivity contribution in [1.29, 1.82) is 0 Å². The molecule has 0 unspecified atom stereocenters. The van der Waals surface area contributed by atoms with Crippen LogP contribution >= 0.6 is 0 Å². The van der Waals surface area contributed by atoms with Gasteiger partial charge in [-0.15, -0.1) is 0 Å². The molecular weight excluding hydrogens is 208 g/mol. The molecule has 2 aliphatic rings. The molecule has 1 N–H and O–H groups in total. The number of aryl methyl sites for hydroxylation is 1. The van der Waals surface area contributed by atoms with Gasteiger partial charge < -0.3 is 5.11 Å². The average Bonchev–Trinajstić information content (AvgIpc) is 2.29. The monoisotopic (exact) mass is 230 g/mol. The number of rotatable bonds is 0. The zero-order valence-corrected chi connectivity index (χ0v) is 10.9. The zero-order valence-electron chi connectivity index (χ0n) is 10.9. The molecule has 1 aromatic carbocycles. The highest BCUT2D eigenvalue weighted by Gasteiger charge is 2.44. The SMILES string of the molecule is C[C@@H]1CCC[C@]2(C)c3cc(O)ccc3CC[C@H]12. The van der Waals surface area contributed by atoms with Crippen molar-refractivity contribution < 1.29 is 5.11 Å². The molecule has 3 atom stereocenters. The normalized spacial score (nSPS) is 36.1. The standard InChI is InChI=1S/C16H22O/c1-11-4-3-9-16(2)14(11)8-6-12-5-7-13(17)10-15(12)16/h5,7,10-11,14,17H,3-4,6,8-9H2,1-2H3/t11-,14-,16+/m1/s1. The van der Waals surface area contributed by atoms with Crippen LogP contribution in [0.15, 0.2) is 18.2 Å². The van der Waals surface area contributed by atoms with Gasteiger partial charge in [0.05, 0.1) is 0 Å². The Labute approximate surface area is 104 Å². The topological polar surface area (TPSA) is 20.2 Å². The quantitative estimate of drug-likeness (QED) is 0.713. The van der Waals surface area contributed by atoms with E-state index in [-0.39, 0.29) is 0 Å². The second kappa shape index (κ2) is 3.76. The second-order valence-corrected chi connectivity index (χ2v) is 6.27. The number of hydrogen-bond acceptors (Lipinski definition) is 1. The summed E-state index contributed by atoms with van der Waals surface area (Å²) in [6.45, 7) is 4.83. The first kappa shape index (κ1) is 11.1. The van der Waals surface area contributed by atoms with Crippen LogP contribution < -0.4 is 0 Å². The predicted molar refractivity (Wildman–Crippen MR) is 70.3 cm³/mol. The van der Waals surface area contributed by atoms with Crippen molar-refractivity contribution >= 4 is 0 Å². The lowest BCUT2D eigenvalue weighted by molar-refractivity contribution is 0.117. The zero-order chi connectivity index (χ0) is 12.0. The Hall–Kier alpha value is -0.980. The summed E-state index contributed by atoms with van der Waals surface area (Å²) in [5, 5.41) is 9.76. The summed E-state index contributed by atoms with van der Waals surface area (Å²) in [5.74, 6) is 2.08. The molecule has 0 aromatic heterocycles. The van der Waals surface area contributed by atoms with E-state index in [9.17, 15) is 5.11 Å². The summed E-state index contributed by atoms with van der Waals surface area (Å²) in [4.78, 5) is 0. The molecule has 0 amide bonds. The summed E-state index contributed by atoms with van der Waals surface area (Å²) >= 11 is 0. The van der Waals surface area contributed by atoms with Crippen LogP contribution in [0.4, 0.5) is 0 Å². The third-order valence-electron chi connectivity index (χ3n) is 5.29. The third kappa shape index (κ3) is 1.59. The Morgan fingerprint density at radius 3 is 2.94 bits per heavy atom. The molecular formula is C16H22O. The minimum atomic E-state index is 0.310. The number of fused-ring (bicyclic) bond motifs is 3. The minimum absolute atomic E-state index is 0.310. The van der Waals surface area contributed by atoms with E-state index in [4.69, 9.17) is 0 Å². The first-order valence-electron chi connectivity index (χ1n) is 6.93. The molecule has 2 aliphatic carbocycles. The molecule has 0 heterocycles. The van der Waals surface area contributed by atoms with Gasteiger partial charge in [-0.25, -0.2) is 0 Å². The molecule has 1 heteroatoms. The van der Waals surface area contributed by atoms with Gasteiger partial charge in [0.25, 0.3) is 0 Å². The van der Waals surface area contributed by atoms with Gasteiger partial charge in [0.2, 0.25) is 0 Å². The molecule has 1 nitrogen and oxygen atoms in total. The summed E-state index contributed by atoms with van der Waals surface area (Å²) in [7, 11) is 0. The summed E-state index contributed by atoms with van der Waals surface area (Å²) < 4.78 is 0. The maximum Gasteiger partial charge on any atom is 0.115 e. The predicted octanol–water partition coefficient (Wildman–Crippen LogP) is 4.03. The molecule has 0 spiro atoms. The van der Waals surface area contributed by atoms with Crippen molar-refractivity contribution in [1.82, 2.24) is 0 Å². The van der Waals surface area contributed by atoms with Crippen LogP contribution in [0.1, 0.15) is 50.7 Å². The number of phenols is 1. The van der Waals surface area contributed by atoms with Crippen molar-refractivity contribution in [3.05, 3.63) is 29.3 Å². The first-order valence-corrected chi connectivity index (χ1v) is 6.93. The molecule has 0 aliphatic heterocycles. The maximum atomic E-state index is 9.76. The lowest BCUT2D eigenvalue weighted by Gasteiger charge is -2.49. The molecule has 1 saturated carbocycles. The van der Waals surface area contributed by atoms with Gasteiger partial charge in [0.15, 0.2) is 0 Å². The van der Waals surface area contributed by atoms with Gasteiger partial charge in [-0.1, -0.05) is 32.8 Å².